The minimum Gasteiger partial charge on any atom is -0.294 e. The fraction of sp³-hybridized carbons (Fsp3) is 0.119. The number of fused-ring (bicyclic) bond motifs is 2. The van der Waals surface area contributed by atoms with Gasteiger partial charge in [-0.05, 0) is 73.9 Å². The van der Waals surface area contributed by atoms with Crippen LogP contribution >= 0.6 is 23.5 Å². The van der Waals surface area contributed by atoms with Crippen molar-refractivity contribution in [3.8, 4) is 11.4 Å². The molecule has 5 aromatic carbocycles. The number of nitrogens with zero attached hydrogens (tertiary/aromatic N) is 5. The van der Waals surface area contributed by atoms with Crippen LogP contribution in [0.25, 0.3) is 33.2 Å². The summed E-state index contributed by atoms with van der Waals surface area (Å²) in [5.74, 6) is 4.67. The van der Waals surface area contributed by atoms with Crippen LogP contribution in [0, 0.1) is 13.8 Å². The maximum Gasteiger partial charge on any atom is 0.266 e. The topological polar surface area (TPSA) is 166 Å². The molecule has 0 fully saturated rings. The van der Waals surface area contributed by atoms with E-state index in [4.69, 9.17) is 5.84 Å². The van der Waals surface area contributed by atoms with Gasteiger partial charge in [-0.1, -0.05) is 115 Å². The second kappa shape index (κ2) is 18.3. The zero-order valence-electron chi connectivity index (χ0n) is 30.8. The van der Waals surface area contributed by atoms with Gasteiger partial charge in [0.25, 0.3) is 17.0 Å². The summed E-state index contributed by atoms with van der Waals surface area (Å²) < 4.78 is 3.13. The molecule has 14 heteroatoms. The third-order valence-electron chi connectivity index (χ3n) is 8.57. The summed E-state index contributed by atoms with van der Waals surface area (Å²) >= 11 is 2.38. The van der Waals surface area contributed by atoms with Gasteiger partial charge in [-0.3, -0.25) is 33.7 Å². The molecular formula is C42H38N8O4S2. The molecule has 282 valence electrons. The zero-order valence-corrected chi connectivity index (χ0v) is 32.4. The molecule has 0 aliphatic carbocycles. The number of carbonyl (C=O) groups excluding carboxylic acids is 2. The molecule has 0 saturated carbocycles. The number of rotatable bonds is 10. The Kier molecular flexibility index (Phi) is 12.9. The standard InChI is InChI=1S/C25H22N4O2S.C17H16N4O2S/c1-17-10-6-9-15-22(17)29-24(31)20-13-7-8-14-21(20)26-25(29)32-16-23(30)28-27-18(2)19-11-4-3-5-12-19;1-11-6-2-5-9-14(11)21-16(23)12-7-3-4-8-13(12)19-17(21)24-10-15(22)20-18/h3-15H,16H2,1-2H3,(H,28,30);2-9H,10,18H2,1H3,(H,20,22)/b27-18-;. The van der Waals surface area contributed by atoms with Crippen LogP contribution in [0.4, 0.5) is 0 Å². The molecule has 2 heterocycles. The van der Waals surface area contributed by atoms with E-state index >= 15 is 0 Å². The molecule has 0 bridgehead atoms. The lowest BCUT2D eigenvalue weighted by Crippen LogP contribution is -2.32. The van der Waals surface area contributed by atoms with Crippen molar-refractivity contribution in [1.82, 2.24) is 30.0 Å². The predicted molar refractivity (Wildman–Crippen MR) is 225 cm³/mol. The summed E-state index contributed by atoms with van der Waals surface area (Å²) in [6, 6.07) is 39.2. The van der Waals surface area contributed by atoms with E-state index in [-0.39, 0.29) is 34.4 Å². The van der Waals surface area contributed by atoms with E-state index in [1.807, 2.05) is 124 Å². The maximum atomic E-state index is 13.3. The Morgan fingerprint density at radius 2 is 1.05 bits per heavy atom. The quantitative estimate of drug-likeness (QED) is 0.0371. The largest absolute Gasteiger partial charge is 0.294 e. The molecule has 7 rings (SSSR count). The van der Waals surface area contributed by atoms with Gasteiger partial charge in [-0.25, -0.2) is 21.2 Å². The smallest absolute Gasteiger partial charge is 0.266 e. The number of amides is 2. The van der Waals surface area contributed by atoms with E-state index < -0.39 is 0 Å². The number of hydrogen-bond acceptors (Lipinski definition) is 10. The molecule has 56 heavy (non-hydrogen) atoms. The number of hydrogen-bond donors (Lipinski definition) is 3. The van der Waals surface area contributed by atoms with Crippen LogP contribution in [0.3, 0.4) is 0 Å². The highest BCUT2D eigenvalue weighted by Gasteiger charge is 2.17. The maximum absolute atomic E-state index is 13.3. The second-order valence-corrected chi connectivity index (χ2v) is 14.3. The summed E-state index contributed by atoms with van der Waals surface area (Å²) in [4.78, 5) is 59.5. The number of nitrogens with two attached hydrogens (primary N) is 1. The third kappa shape index (κ3) is 9.12. The Bertz CT molecular complexity index is 2700. The fourth-order valence-corrected chi connectivity index (χ4v) is 7.31. The number of aryl methyl sites for hydroxylation is 2. The Morgan fingerprint density at radius 1 is 0.625 bits per heavy atom. The SMILES string of the molecule is C/C(=N/NC(=O)CSc1nc2ccccc2c(=O)n1-c1ccccc1C)c1ccccc1.Cc1ccccc1-n1c(SCC(=O)NN)nc2ccccc2c1=O. The van der Waals surface area contributed by atoms with Crippen LogP contribution in [-0.4, -0.2) is 48.1 Å². The molecule has 0 radical (unpaired) electrons. The minimum atomic E-state index is -0.334. The minimum absolute atomic E-state index is 0.0717. The Balaban J connectivity index is 0.000000198. The lowest BCUT2D eigenvalue weighted by Gasteiger charge is -2.14. The number of para-hydroxylation sites is 4. The molecule has 12 nitrogen and oxygen atoms in total. The second-order valence-electron chi connectivity index (χ2n) is 12.4. The summed E-state index contributed by atoms with van der Waals surface area (Å²) in [7, 11) is 0. The van der Waals surface area contributed by atoms with Crippen LogP contribution < -0.4 is 27.8 Å². The van der Waals surface area contributed by atoms with Gasteiger partial charge in [-0.2, -0.15) is 5.10 Å². The first-order valence-electron chi connectivity index (χ1n) is 17.5. The van der Waals surface area contributed by atoms with Crippen molar-refractivity contribution in [2.45, 2.75) is 31.1 Å². The van der Waals surface area contributed by atoms with Gasteiger partial charge < -0.3 is 0 Å². The first-order valence-corrected chi connectivity index (χ1v) is 19.4. The van der Waals surface area contributed by atoms with Gasteiger partial charge in [0.1, 0.15) is 0 Å². The molecule has 0 aliphatic rings. The number of thioether (sulfide) groups is 2. The van der Waals surface area contributed by atoms with Crippen LogP contribution in [0.5, 0.6) is 0 Å². The number of benzene rings is 5. The number of hydrazine groups is 1. The number of carbonyl (C=O) groups is 2. The molecule has 0 atom stereocenters. The monoisotopic (exact) mass is 782 g/mol. The first-order chi connectivity index (χ1) is 27.2. The molecule has 2 amide bonds. The van der Waals surface area contributed by atoms with Gasteiger partial charge in [0.2, 0.25) is 5.91 Å². The number of nitrogens with one attached hydrogen (secondary N) is 2. The van der Waals surface area contributed by atoms with Gasteiger partial charge in [-0.15, -0.1) is 0 Å². The van der Waals surface area contributed by atoms with Crippen LogP contribution in [0.1, 0.15) is 23.6 Å². The van der Waals surface area contributed by atoms with Crippen molar-refractivity contribution in [3.63, 3.8) is 0 Å². The summed E-state index contributed by atoms with van der Waals surface area (Å²) in [6.45, 7) is 5.71. The summed E-state index contributed by atoms with van der Waals surface area (Å²) in [5.41, 5.74) is 10.6. The highest BCUT2D eigenvalue weighted by molar-refractivity contribution is 8.00. The van der Waals surface area contributed by atoms with E-state index in [1.165, 1.54) is 23.5 Å². The predicted octanol–water partition coefficient (Wildman–Crippen LogP) is 6.10. The summed E-state index contributed by atoms with van der Waals surface area (Å²) in [5, 5.41) is 6.17. The zero-order chi connectivity index (χ0) is 39.6. The normalized spacial score (nSPS) is 11.2. The Hall–Kier alpha value is -6.35. The molecule has 0 aliphatic heterocycles. The lowest BCUT2D eigenvalue weighted by atomic mass is 10.1. The molecule has 7 aromatic rings. The highest BCUT2D eigenvalue weighted by atomic mass is 32.2. The molecule has 0 unspecified atom stereocenters. The van der Waals surface area contributed by atoms with Crippen molar-refractivity contribution in [1.29, 1.82) is 0 Å². The average molecular weight is 783 g/mol. The molecule has 0 saturated heterocycles. The van der Waals surface area contributed by atoms with E-state index in [0.29, 0.717) is 37.8 Å². The third-order valence-corrected chi connectivity index (χ3v) is 10.4. The van der Waals surface area contributed by atoms with Crippen molar-refractivity contribution in [3.05, 3.63) is 165 Å². The Morgan fingerprint density at radius 3 is 1.54 bits per heavy atom. The van der Waals surface area contributed by atoms with Gasteiger partial charge in [0, 0.05) is 0 Å². The van der Waals surface area contributed by atoms with Gasteiger partial charge in [0.15, 0.2) is 10.3 Å². The van der Waals surface area contributed by atoms with E-state index in [1.54, 1.807) is 33.4 Å². The highest BCUT2D eigenvalue weighted by Crippen LogP contribution is 2.24. The molecule has 0 spiro atoms. The van der Waals surface area contributed by atoms with E-state index in [9.17, 15) is 19.2 Å². The summed E-state index contributed by atoms with van der Waals surface area (Å²) in [6.07, 6.45) is 0. The Labute approximate surface area is 330 Å². The molecular weight excluding hydrogens is 745 g/mol. The van der Waals surface area contributed by atoms with Crippen molar-refractivity contribution < 1.29 is 9.59 Å². The van der Waals surface area contributed by atoms with Gasteiger partial charge >= 0.3 is 0 Å². The van der Waals surface area contributed by atoms with Crippen LogP contribution in [0.2, 0.25) is 0 Å². The van der Waals surface area contributed by atoms with Crippen molar-refractivity contribution in [2.24, 2.45) is 10.9 Å². The fourth-order valence-electron chi connectivity index (χ4n) is 5.70. The molecule has 2 aromatic heterocycles. The van der Waals surface area contributed by atoms with E-state index in [0.717, 1.165) is 28.1 Å². The van der Waals surface area contributed by atoms with Crippen LogP contribution in [0.15, 0.2) is 152 Å². The van der Waals surface area contributed by atoms with Crippen molar-refractivity contribution in [2.75, 3.05) is 11.5 Å². The lowest BCUT2D eigenvalue weighted by molar-refractivity contribution is -0.119. The van der Waals surface area contributed by atoms with Crippen LogP contribution in [-0.2, 0) is 9.59 Å². The number of aromatic nitrogens is 4. The van der Waals surface area contributed by atoms with E-state index in [2.05, 4.69) is 25.9 Å². The van der Waals surface area contributed by atoms with Crippen molar-refractivity contribution >= 4 is 62.9 Å². The van der Waals surface area contributed by atoms with Gasteiger partial charge in [0.05, 0.1) is 50.4 Å². The average Bonchev–Trinajstić information content (AvgIpc) is 3.22. The first kappa shape index (κ1) is 39.3. The molecule has 4 N–H and O–H groups in total. The number of hydrazone groups is 1.